The Hall–Kier alpha value is -1.83. The van der Waals surface area contributed by atoms with Crippen LogP contribution < -0.4 is 4.90 Å². The molecule has 2 nitrogen and oxygen atoms in total. The van der Waals surface area contributed by atoms with Gasteiger partial charge in [-0.1, -0.05) is 36.4 Å². The highest BCUT2D eigenvalue weighted by Crippen LogP contribution is 2.30. The number of benzene rings is 2. The van der Waals surface area contributed by atoms with E-state index < -0.39 is 0 Å². The van der Waals surface area contributed by atoms with Crippen molar-refractivity contribution in [3.05, 3.63) is 42.0 Å². The molecular weight excluding hydrogens is 184 g/mol. The average molecular weight is 196 g/mol. The Balaban J connectivity index is 2.41. The van der Waals surface area contributed by atoms with E-state index in [4.69, 9.17) is 0 Å². The van der Waals surface area contributed by atoms with Crippen molar-refractivity contribution in [3.63, 3.8) is 0 Å². The number of rotatable bonds is 0. The summed E-state index contributed by atoms with van der Waals surface area (Å²) in [6.07, 6.45) is 1.96. The van der Waals surface area contributed by atoms with Gasteiger partial charge in [-0.15, -0.1) is 0 Å². The number of aliphatic imine (C=N–C) groups is 1. The molecule has 2 heteroatoms. The molecule has 0 spiro atoms. The fourth-order valence-electron chi connectivity index (χ4n) is 2.13. The summed E-state index contributed by atoms with van der Waals surface area (Å²) in [6, 6.07) is 12.8. The van der Waals surface area contributed by atoms with Gasteiger partial charge in [-0.05, 0) is 5.39 Å². The molecule has 0 saturated heterocycles. The van der Waals surface area contributed by atoms with Crippen LogP contribution >= 0.6 is 0 Å². The van der Waals surface area contributed by atoms with Crippen molar-refractivity contribution < 1.29 is 0 Å². The molecule has 2 aromatic carbocycles. The molecule has 1 heterocycles. The van der Waals surface area contributed by atoms with Crippen molar-refractivity contribution in [1.82, 2.24) is 0 Å². The highest BCUT2D eigenvalue weighted by atomic mass is 15.2. The summed E-state index contributed by atoms with van der Waals surface area (Å²) in [5.41, 5.74) is 2.51. The Morgan fingerprint density at radius 1 is 1.13 bits per heavy atom. The van der Waals surface area contributed by atoms with Crippen LogP contribution in [-0.2, 0) is 0 Å². The fraction of sp³-hybridized carbons (Fsp3) is 0.154. The van der Waals surface area contributed by atoms with Gasteiger partial charge in [0.2, 0.25) is 0 Å². The van der Waals surface area contributed by atoms with Crippen LogP contribution in [0.1, 0.15) is 5.56 Å². The van der Waals surface area contributed by atoms with Crippen molar-refractivity contribution in [2.75, 3.05) is 18.6 Å². The standard InChI is InChI=1S/C13H12N2/c1-15-9-14-8-11-7-6-10-4-2-3-5-12(10)13(11)15/h2-8H,9H2,1H3. The Labute approximate surface area is 88.9 Å². The van der Waals surface area contributed by atoms with Gasteiger partial charge in [-0.25, -0.2) is 0 Å². The monoisotopic (exact) mass is 196 g/mol. The average Bonchev–Trinajstić information content (AvgIpc) is 2.29. The van der Waals surface area contributed by atoms with E-state index in [1.165, 1.54) is 22.0 Å². The number of hydrogen-bond donors (Lipinski definition) is 0. The number of anilines is 1. The first kappa shape index (κ1) is 8.48. The Bertz CT molecular complexity index is 543. The van der Waals surface area contributed by atoms with Crippen LogP contribution in [0.2, 0.25) is 0 Å². The van der Waals surface area contributed by atoms with Crippen LogP contribution in [0.5, 0.6) is 0 Å². The van der Waals surface area contributed by atoms with E-state index in [9.17, 15) is 0 Å². The van der Waals surface area contributed by atoms with E-state index in [1.54, 1.807) is 0 Å². The lowest BCUT2D eigenvalue weighted by atomic mass is 10.0. The molecule has 0 unspecified atom stereocenters. The smallest absolute Gasteiger partial charge is 0.110 e. The molecule has 2 aromatic rings. The van der Waals surface area contributed by atoms with Crippen LogP contribution in [-0.4, -0.2) is 19.9 Å². The molecule has 1 aliphatic rings. The zero-order chi connectivity index (χ0) is 10.3. The van der Waals surface area contributed by atoms with Gasteiger partial charge in [-0.2, -0.15) is 0 Å². The molecular formula is C13H12N2. The summed E-state index contributed by atoms with van der Waals surface area (Å²) in [7, 11) is 2.09. The van der Waals surface area contributed by atoms with Crippen molar-refractivity contribution >= 4 is 22.7 Å². The lowest BCUT2D eigenvalue weighted by Crippen LogP contribution is -2.22. The predicted molar refractivity (Wildman–Crippen MR) is 64.8 cm³/mol. The van der Waals surface area contributed by atoms with E-state index in [-0.39, 0.29) is 0 Å². The first-order chi connectivity index (χ1) is 7.36. The second kappa shape index (κ2) is 3.09. The van der Waals surface area contributed by atoms with Crippen LogP contribution in [0, 0.1) is 0 Å². The van der Waals surface area contributed by atoms with Gasteiger partial charge >= 0.3 is 0 Å². The van der Waals surface area contributed by atoms with E-state index in [1.807, 2.05) is 6.21 Å². The first-order valence-corrected chi connectivity index (χ1v) is 5.09. The summed E-state index contributed by atoms with van der Waals surface area (Å²) in [5.74, 6) is 0. The highest BCUT2D eigenvalue weighted by molar-refractivity contribution is 6.04. The van der Waals surface area contributed by atoms with Crippen molar-refractivity contribution in [1.29, 1.82) is 0 Å². The van der Waals surface area contributed by atoms with E-state index in [2.05, 4.69) is 53.3 Å². The predicted octanol–water partition coefficient (Wildman–Crippen LogP) is 2.67. The van der Waals surface area contributed by atoms with Gasteiger partial charge in [-0.3, -0.25) is 4.99 Å². The largest absolute Gasteiger partial charge is 0.354 e. The van der Waals surface area contributed by atoms with Crippen LogP contribution in [0.3, 0.4) is 0 Å². The molecule has 0 saturated carbocycles. The number of fused-ring (bicyclic) bond motifs is 3. The third-order valence-electron chi connectivity index (χ3n) is 2.84. The van der Waals surface area contributed by atoms with Crippen molar-refractivity contribution in [2.45, 2.75) is 0 Å². The van der Waals surface area contributed by atoms with Gasteiger partial charge in [0.15, 0.2) is 0 Å². The minimum absolute atomic E-state index is 0.751. The highest BCUT2D eigenvalue weighted by Gasteiger charge is 2.12. The molecule has 0 fully saturated rings. The third kappa shape index (κ3) is 1.22. The van der Waals surface area contributed by atoms with Crippen LogP contribution in [0.4, 0.5) is 5.69 Å². The Morgan fingerprint density at radius 2 is 2.00 bits per heavy atom. The maximum atomic E-state index is 4.31. The maximum Gasteiger partial charge on any atom is 0.110 e. The number of hydrogen-bond acceptors (Lipinski definition) is 2. The second-order valence-electron chi connectivity index (χ2n) is 3.88. The minimum Gasteiger partial charge on any atom is -0.354 e. The summed E-state index contributed by atoms with van der Waals surface area (Å²) < 4.78 is 0. The molecule has 15 heavy (non-hydrogen) atoms. The van der Waals surface area contributed by atoms with Crippen LogP contribution in [0.15, 0.2) is 41.4 Å². The lowest BCUT2D eigenvalue weighted by Gasteiger charge is -2.24. The van der Waals surface area contributed by atoms with E-state index in [0.29, 0.717) is 0 Å². The molecule has 1 aliphatic heterocycles. The molecule has 0 radical (unpaired) electrons. The molecule has 0 aliphatic carbocycles. The number of nitrogens with zero attached hydrogens (tertiary/aromatic N) is 2. The van der Waals surface area contributed by atoms with Gasteiger partial charge in [0.05, 0.1) is 5.69 Å². The van der Waals surface area contributed by atoms with Gasteiger partial charge < -0.3 is 4.90 Å². The second-order valence-corrected chi connectivity index (χ2v) is 3.88. The minimum atomic E-state index is 0.751. The van der Waals surface area contributed by atoms with E-state index in [0.717, 1.165) is 6.67 Å². The molecule has 0 aromatic heterocycles. The molecule has 74 valence electrons. The fourth-order valence-corrected chi connectivity index (χ4v) is 2.13. The third-order valence-corrected chi connectivity index (χ3v) is 2.84. The molecule has 0 bridgehead atoms. The summed E-state index contributed by atoms with van der Waals surface area (Å²) >= 11 is 0. The Morgan fingerprint density at radius 3 is 2.93 bits per heavy atom. The van der Waals surface area contributed by atoms with Gasteiger partial charge in [0, 0.05) is 24.2 Å². The first-order valence-electron chi connectivity index (χ1n) is 5.09. The van der Waals surface area contributed by atoms with Gasteiger partial charge in [0.1, 0.15) is 6.67 Å². The zero-order valence-corrected chi connectivity index (χ0v) is 8.64. The molecule has 0 amide bonds. The van der Waals surface area contributed by atoms with Crippen LogP contribution in [0.25, 0.3) is 10.8 Å². The normalized spacial score (nSPS) is 14.3. The topological polar surface area (TPSA) is 15.6 Å². The molecule has 3 rings (SSSR count). The summed E-state index contributed by atoms with van der Waals surface area (Å²) in [5, 5.41) is 2.60. The zero-order valence-electron chi connectivity index (χ0n) is 8.64. The van der Waals surface area contributed by atoms with Crippen molar-refractivity contribution in [2.24, 2.45) is 4.99 Å². The molecule has 0 N–H and O–H groups in total. The van der Waals surface area contributed by atoms with Crippen molar-refractivity contribution in [3.8, 4) is 0 Å². The summed E-state index contributed by atoms with van der Waals surface area (Å²) in [6.45, 7) is 0.751. The molecule has 0 atom stereocenters. The summed E-state index contributed by atoms with van der Waals surface area (Å²) in [4.78, 5) is 6.50. The Kier molecular flexibility index (Phi) is 1.75. The quantitative estimate of drug-likeness (QED) is 0.632. The maximum absolute atomic E-state index is 4.31. The van der Waals surface area contributed by atoms with Gasteiger partial charge in [0.25, 0.3) is 0 Å². The SMILES string of the molecule is CN1CN=Cc2ccc3ccccc3c21. The van der Waals surface area contributed by atoms with E-state index >= 15 is 0 Å². The lowest BCUT2D eigenvalue weighted by molar-refractivity contribution is 0.928.